The van der Waals surface area contributed by atoms with Crippen LogP contribution in [0.1, 0.15) is 52.8 Å². The lowest BCUT2D eigenvalue weighted by Gasteiger charge is -2.33. The number of benzene rings is 1. The SMILES string of the molecule is Cc1cc2c(c([C@@H]3CCCN3)c1)CN(C(=O)C(O)c1ccncc1)CC2. The average Bonchev–Trinajstić information content (AvgIpc) is 3.21. The number of carbonyl (C=O) groups is 1. The van der Waals surface area contributed by atoms with Gasteiger partial charge in [-0.3, -0.25) is 9.78 Å². The summed E-state index contributed by atoms with van der Waals surface area (Å²) >= 11 is 0. The van der Waals surface area contributed by atoms with Crippen molar-refractivity contribution in [1.29, 1.82) is 0 Å². The fraction of sp³-hybridized carbons (Fsp3) is 0.429. The van der Waals surface area contributed by atoms with E-state index in [1.54, 1.807) is 29.4 Å². The van der Waals surface area contributed by atoms with Crippen LogP contribution < -0.4 is 5.32 Å². The number of amides is 1. The number of hydrogen-bond acceptors (Lipinski definition) is 4. The summed E-state index contributed by atoms with van der Waals surface area (Å²) < 4.78 is 0. The molecule has 5 nitrogen and oxygen atoms in total. The number of aliphatic hydroxyl groups is 1. The van der Waals surface area contributed by atoms with Gasteiger partial charge in [0.2, 0.25) is 0 Å². The third-order valence-corrected chi connectivity index (χ3v) is 5.52. The number of nitrogens with one attached hydrogen (secondary N) is 1. The van der Waals surface area contributed by atoms with E-state index in [1.807, 2.05) is 0 Å². The molecule has 4 rings (SSSR count). The molecule has 1 aromatic heterocycles. The van der Waals surface area contributed by atoms with Gasteiger partial charge in [0.15, 0.2) is 6.10 Å². The Morgan fingerprint density at radius 1 is 1.35 bits per heavy atom. The third-order valence-electron chi connectivity index (χ3n) is 5.52. The second-order valence-electron chi connectivity index (χ2n) is 7.33. The molecule has 0 radical (unpaired) electrons. The van der Waals surface area contributed by atoms with Crippen LogP contribution in [-0.2, 0) is 17.8 Å². The number of aliphatic hydroxyl groups excluding tert-OH is 1. The van der Waals surface area contributed by atoms with E-state index in [-0.39, 0.29) is 5.91 Å². The Labute approximate surface area is 154 Å². The number of aromatic nitrogens is 1. The second-order valence-corrected chi connectivity index (χ2v) is 7.33. The molecule has 2 aromatic rings. The fourth-order valence-electron chi connectivity index (χ4n) is 4.17. The van der Waals surface area contributed by atoms with Gasteiger partial charge in [0.1, 0.15) is 0 Å². The van der Waals surface area contributed by atoms with E-state index in [2.05, 4.69) is 29.4 Å². The minimum absolute atomic E-state index is 0.229. The van der Waals surface area contributed by atoms with E-state index in [0.717, 1.165) is 19.4 Å². The van der Waals surface area contributed by atoms with Crippen LogP contribution in [0.3, 0.4) is 0 Å². The Kier molecular flexibility index (Phi) is 4.74. The molecule has 1 unspecified atom stereocenters. The molecule has 26 heavy (non-hydrogen) atoms. The number of carbonyl (C=O) groups excluding carboxylic acids is 1. The summed E-state index contributed by atoms with van der Waals surface area (Å²) in [4.78, 5) is 18.6. The Morgan fingerprint density at radius 3 is 2.88 bits per heavy atom. The maximum Gasteiger partial charge on any atom is 0.256 e. The molecule has 1 saturated heterocycles. The normalized spacial score (nSPS) is 20.7. The molecule has 0 aliphatic carbocycles. The van der Waals surface area contributed by atoms with Gasteiger partial charge in [-0.25, -0.2) is 0 Å². The molecule has 1 aromatic carbocycles. The predicted octanol–water partition coefficient (Wildman–Crippen LogP) is 2.43. The van der Waals surface area contributed by atoms with E-state index in [4.69, 9.17) is 0 Å². The second kappa shape index (κ2) is 7.17. The number of nitrogens with zero attached hydrogens (tertiary/aromatic N) is 2. The van der Waals surface area contributed by atoms with Crippen molar-refractivity contribution in [2.75, 3.05) is 13.1 Å². The van der Waals surface area contributed by atoms with Crippen LogP contribution in [0.25, 0.3) is 0 Å². The first kappa shape index (κ1) is 17.2. The zero-order chi connectivity index (χ0) is 18.1. The van der Waals surface area contributed by atoms with Crippen LogP contribution in [0, 0.1) is 6.92 Å². The zero-order valence-corrected chi connectivity index (χ0v) is 15.1. The highest BCUT2D eigenvalue weighted by molar-refractivity contribution is 5.82. The summed E-state index contributed by atoms with van der Waals surface area (Å²) in [5.41, 5.74) is 5.81. The molecule has 0 spiro atoms. The fourth-order valence-corrected chi connectivity index (χ4v) is 4.17. The number of hydrogen-bond donors (Lipinski definition) is 2. The summed E-state index contributed by atoms with van der Waals surface area (Å²) in [6, 6.07) is 8.27. The van der Waals surface area contributed by atoms with Gasteiger partial charge in [-0.15, -0.1) is 0 Å². The smallest absolute Gasteiger partial charge is 0.256 e. The number of pyridine rings is 1. The molecule has 5 heteroatoms. The van der Waals surface area contributed by atoms with Gasteiger partial charge in [0, 0.05) is 31.5 Å². The summed E-state index contributed by atoms with van der Waals surface area (Å²) in [5, 5.41) is 14.1. The first-order valence-corrected chi connectivity index (χ1v) is 9.36. The molecular weight excluding hydrogens is 326 g/mol. The van der Waals surface area contributed by atoms with Crippen LogP contribution in [0.5, 0.6) is 0 Å². The predicted molar refractivity (Wildman–Crippen MR) is 99.5 cm³/mol. The lowest BCUT2D eigenvalue weighted by atomic mass is 9.88. The summed E-state index contributed by atoms with van der Waals surface area (Å²) in [6.45, 7) is 4.42. The molecule has 1 amide bonds. The van der Waals surface area contributed by atoms with Crippen LogP contribution in [0.15, 0.2) is 36.7 Å². The summed E-state index contributed by atoms with van der Waals surface area (Å²) in [7, 11) is 0. The largest absolute Gasteiger partial charge is 0.378 e. The molecule has 3 heterocycles. The monoisotopic (exact) mass is 351 g/mol. The number of fused-ring (bicyclic) bond motifs is 1. The van der Waals surface area contributed by atoms with Crippen molar-refractivity contribution in [2.45, 2.75) is 44.9 Å². The van der Waals surface area contributed by atoms with Gasteiger partial charge in [-0.1, -0.05) is 17.7 Å². The molecule has 2 aliphatic rings. The maximum atomic E-state index is 12.8. The molecule has 1 fully saturated rings. The minimum Gasteiger partial charge on any atom is -0.378 e. The lowest BCUT2D eigenvalue weighted by Crippen LogP contribution is -2.39. The van der Waals surface area contributed by atoms with Crippen LogP contribution in [0.4, 0.5) is 0 Å². The van der Waals surface area contributed by atoms with Gasteiger partial charge in [-0.2, -0.15) is 0 Å². The highest BCUT2D eigenvalue weighted by atomic mass is 16.3. The highest BCUT2D eigenvalue weighted by Gasteiger charge is 2.30. The van der Waals surface area contributed by atoms with Gasteiger partial charge >= 0.3 is 0 Å². The summed E-state index contributed by atoms with van der Waals surface area (Å²) in [5.74, 6) is -0.229. The van der Waals surface area contributed by atoms with Crippen molar-refractivity contribution >= 4 is 5.91 Å². The van der Waals surface area contributed by atoms with Gasteiger partial charge in [0.25, 0.3) is 5.91 Å². The van der Waals surface area contributed by atoms with Crippen molar-refractivity contribution in [2.24, 2.45) is 0 Å². The van der Waals surface area contributed by atoms with Crippen molar-refractivity contribution in [3.8, 4) is 0 Å². The molecule has 2 atom stereocenters. The molecular formula is C21H25N3O2. The number of rotatable bonds is 3. The van der Waals surface area contributed by atoms with Crippen molar-refractivity contribution in [3.05, 3.63) is 64.5 Å². The van der Waals surface area contributed by atoms with Gasteiger partial charge in [-0.05, 0) is 67.1 Å². The van der Waals surface area contributed by atoms with Crippen molar-refractivity contribution < 1.29 is 9.90 Å². The Bertz CT molecular complexity index is 800. The van der Waals surface area contributed by atoms with Crippen LogP contribution in [0.2, 0.25) is 0 Å². The minimum atomic E-state index is -1.13. The van der Waals surface area contributed by atoms with E-state index in [1.165, 1.54) is 28.7 Å². The quantitative estimate of drug-likeness (QED) is 0.891. The molecule has 2 aliphatic heterocycles. The first-order valence-electron chi connectivity index (χ1n) is 9.36. The number of aryl methyl sites for hydroxylation is 1. The summed E-state index contributed by atoms with van der Waals surface area (Å²) in [6.07, 6.45) is 5.25. The first-order chi connectivity index (χ1) is 12.6. The van der Waals surface area contributed by atoms with Crippen LogP contribution in [-0.4, -0.2) is 34.0 Å². The van der Waals surface area contributed by atoms with E-state index in [0.29, 0.717) is 24.7 Å². The van der Waals surface area contributed by atoms with Crippen molar-refractivity contribution in [1.82, 2.24) is 15.2 Å². The standard InChI is InChI=1S/C21H25N3O2/c1-14-11-16-6-10-24(21(26)20(25)15-4-8-22-9-5-15)13-18(16)17(12-14)19-3-2-7-23-19/h4-5,8-9,11-12,19-20,23,25H,2-3,6-7,10,13H2,1H3/t19-,20?/m0/s1. The Morgan fingerprint density at radius 2 is 2.15 bits per heavy atom. The maximum absolute atomic E-state index is 12.8. The molecule has 0 saturated carbocycles. The molecule has 2 N–H and O–H groups in total. The molecule has 0 bridgehead atoms. The lowest BCUT2D eigenvalue weighted by molar-refractivity contribution is -0.141. The Balaban J connectivity index is 1.60. The van der Waals surface area contributed by atoms with E-state index < -0.39 is 6.10 Å². The third kappa shape index (κ3) is 3.24. The van der Waals surface area contributed by atoms with E-state index in [9.17, 15) is 9.90 Å². The van der Waals surface area contributed by atoms with Gasteiger partial charge < -0.3 is 15.3 Å². The van der Waals surface area contributed by atoms with Gasteiger partial charge in [0.05, 0.1) is 0 Å². The van der Waals surface area contributed by atoms with Crippen LogP contribution >= 0.6 is 0 Å². The highest BCUT2D eigenvalue weighted by Crippen LogP contribution is 2.33. The van der Waals surface area contributed by atoms with Crippen molar-refractivity contribution in [3.63, 3.8) is 0 Å². The topological polar surface area (TPSA) is 65.5 Å². The zero-order valence-electron chi connectivity index (χ0n) is 15.1. The Hall–Kier alpha value is -2.24. The van der Waals surface area contributed by atoms with E-state index >= 15 is 0 Å². The average molecular weight is 351 g/mol. The molecule has 136 valence electrons.